The molecular formula is C17H26N6O3. The minimum Gasteiger partial charge on any atom is -0.331 e. The van der Waals surface area contributed by atoms with Crippen LogP contribution in [0.1, 0.15) is 37.1 Å². The number of urea groups is 2. The smallest absolute Gasteiger partial charge is 0.327 e. The Bertz CT molecular complexity index is 750. The molecule has 0 aromatic carbocycles. The number of aryl methyl sites for hydroxylation is 1. The first kappa shape index (κ1) is 18.2. The van der Waals surface area contributed by atoms with Gasteiger partial charge in [0.2, 0.25) is 0 Å². The van der Waals surface area contributed by atoms with E-state index in [2.05, 4.69) is 10.4 Å². The van der Waals surface area contributed by atoms with E-state index >= 15 is 0 Å². The van der Waals surface area contributed by atoms with Crippen LogP contribution in [0.3, 0.4) is 0 Å². The zero-order valence-electron chi connectivity index (χ0n) is 15.9. The van der Waals surface area contributed by atoms with Gasteiger partial charge in [0.1, 0.15) is 5.54 Å². The van der Waals surface area contributed by atoms with Gasteiger partial charge in [-0.05, 0) is 26.7 Å². The predicted molar refractivity (Wildman–Crippen MR) is 94.4 cm³/mol. The Morgan fingerprint density at radius 1 is 1.23 bits per heavy atom. The third kappa shape index (κ3) is 2.62. The van der Waals surface area contributed by atoms with Crippen molar-refractivity contribution in [2.75, 3.05) is 27.2 Å². The van der Waals surface area contributed by atoms with E-state index in [1.807, 2.05) is 20.9 Å². The number of nitrogens with one attached hydrogen (secondary N) is 1. The number of likely N-dealkylation sites (N-methyl/N-ethyl adjacent to an activating group) is 2. The number of carbonyl (C=O) groups is 3. The Kier molecular flexibility index (Phi) is 4.41. The van der Waals surface area contributed by atoms with Crippen molar-refractivity contribution < 1.29 is 14.4 Å². The number of hydrogen-bond acceptors (Lipinski definition) is 4. The second-order valence-corrected chi connectivity index (χ2v) is 7.20. The molecule has 3 heterocycles. The minimum atomic E-state index is -0.811. The number of carbonyl (C=O) groups excluding carboxylic acids is 3. The lowest BCUT2D eigenvalue weighted by molar-refractivity contribution is -0.134. The molecule has 1 N–H and O–H groups in total. The van der Waals surface area contributed by atoms with Crippen molar-refractivity contribution in [3.05, 3.63) is 17.5 Å². The molecule has 1 spiro atoms. The van der Waals surface area contributed by atoms with Crippen LogP contribution in [0.2, 0.25) is 0 Å². The fourth-order valence-corrected chi connectivity index (χ4v) is 3.87. The molecule has 9 heteroatoms. The van der Waals surface area contributed by atoms with Crippen molar-refractivity contribution in [2.45, 2.75) is 38.3 Å². The first-order chi connectivity index (χ1) is 12.2. The summed E-state index contributed by atoms with van der Waals surface area (Å²) in [7, 11) is 5.03. The fraction of sp³-hybridized carbons (Fsp3) is 0.647. The molecule has 1 aromatic rings. The molecule has 1 aromatic heterocycles. The Labute approximate surface area is 152 Å². The van der Waals surface area contributed by atoms with Gasteiger partial charge in [-0.25, -0.2) is 9.59 Å². The molecule has 2 aliphatic rings. The summed E-state index contributed by atoms with van der Waals surface area (Å²) in [5.74, 6) is -0.176. The summed E-state index contributed by atoms with van der Waals surface area (Å²) in [5.41, 5.74) is 1.18. The van der Waals surface area contributed by atoms with E-state index in [1.165, 1.54) is 16.8 Å². The normalized spacial score (nSPS) is 20.9. The highest BCUT2D eigenvalue weighted by Crippen LogP contribution is 2.35. The molecule has 3 rings (SSSR count). The van der Waals surface area contributed by atoms with E-state index in [-0.39, 0.29) is 24.0 Å². The number of aromatic nitrogens is 2. The van der Waals surface area contributed by atoms with E-state index in [1.54, 1.807) is 22.8 Å². The van der Waals surface area contributed by atoms with Gasteiger partial charge in [0.05, 0.1) is 12.2 Å². The van der Waals surface area contributed by atoms with Crippen LogP contribution in [0.4, 0.5) is 9.59 Å². The Morgan fingerprint density at radius 2 is 1.85 bits per heavy atom. The van der Waals surface area contributed by atoms with E-state index in [0.717, 1.165) is 11.3 Å². The van der Waals surface area contributed by atoms with E-state index in [0.29, 0.717) is 25.9 Å². The molecular weight excluding hydrogens is 336 g/mol. The molecule has 2 fully saturated rings. The summed E-state index contributed by atoms with van der Waals surface area (Å²) in [4.78, 5) is 41.6. The summed E-state index contributed by atoms with van der Waals surface area (Å²) in [6, 6.07) is -0.604. The molecule has 0 unspecified atom stereocenters. The maximum absolute atomic E-state index is 12.6. The largest absolute Gasteiger partial charge is 0.331 e. The van der Waals surface area contributed by atoms with Crippen molar-refractivity contribution in [1.82, 2.24) is 29.8 Å². The lowest BCUT2D eigenvalue weighted by Crippen LogP contribution is -2.57. The van der Waals surface area contributed by atoms with Crippen LogP contribution in [-0.2, 0) is 11.8 Å². The highest BCUT2D eigenvalue weighted by molar-refractivity contribution is 6.06. The summed E-state index contributed by atoms with van der Waals surface area (Å²) in [5, 5.41) is 7.21. The van der Waals surface area contributed by atoms with E-state index < -0.39 is 5.54 Å². The monoisotopic (exact) mass is 362 g/mol. The maximum atomic E-state index is 12.6. The highest BCUT2D eigenvalue weighted by Gasteiger charge is 2.55. The highest BCUT2D eigenvalue weighted by atomic mass is 16.2. The van der Waals surface area contributed by atoms with Gasteiger partial charge in [-0.15, -0.1) is 0 Å². The number of rotatable bonds is 2. The fourth-order valence-electron chi connectivity index (χ4n) is 3.87. The number of hydrogen-bond donors (Lipinski definition) is 1. The molecule has 9 nitrogen and oxygen atoms in total. The van der Waals surface area contributed by atoms with E-state index in [9.17, 15) is 14.4 Å². The number of nitrogens with zero attached hydrogens (tertiary/aromatic N) is 5. The molecule has 0 bridgehead atoms. The zero-order chi connectivity index (χ0) is 19.2. The Morgan fingerprint density at radius 3 is 2.31 bits per heavy atom. The molecule has 2 aliphatic heterocycles. The Balaban J connectivity index is 1.63. The SMILES string of the molecule is Cc1c([C@H](C)NC(=O)N2CCC3(CC2)C(=O)N(C)C(=O)N3C)cnn1C. The van der Waals surface area contributed by atoms with Crippen molar-refractivity contribution in [3.63, 3.8) is 0 Å². The summed E-state index contributed by atoms with van der Waals surface area (Å²) in [6.45, 7) is 4.75. The van der Waals surface area contributed by atoms with Crippen LogP contribution in [0.5, 0.6) is 0 Å². The summed E-state index contributed by atoms with van der Waals surface area (Å²) >= 11 is 0. The Hall–Kier alpha value is -2.58. The van der Waals surface area contributed by atoms with Gasteiger partial charge in [-0.2, -0.15) is 5.10 Å². The van der Waals surface area contributed by atoms with Crippen molar-refractivity contribution in [1.29, 1.82) is 0 Å². The van der Waals surface area contributed by atoms with Crippen LogP contribution in [0.25, 0.3) is 0 Å². The van der Waals surface area contributed by atoms with Crippen LogP contribution < -0.4 is 5.32 Å². The molecule has 0 aliphatic carbocycles. The average molecular weight is 362 g/mol. The number of likely N-dealkylation sites (tertiary alicyclic amines) is 1. The number of imide groups is 1. The van der Waals surface area contributed by atoms with Gasteiger partial charge in [-0.3, -0.25) is 14.4 Å². The second-order valence-electron chi connectivity index (χ2n) is 7.20. The predicted octanol–water partition coefficient (Wildman–Crippen LogP) is 0.858. The number of amides is 5. The topological polar surface area (TPSA) is 90.8 Å². The van der Waals surface area contributed by atoms with E-state index in [4.69, 9.17) is 0 Å². The summed E-state index contributed by atoms with van der Waals surface area (Å²) < 4.78 is 1.78. The molecule has 142 valence electrons. The molecule has 0 radical (unpaired) electrons. The van der Waals surface area contributed by atoms with Crippen molar-refractivity contribution >= 4 is 18.0 Å². The summed E-state index contributed by atoms with van der Waals surface area (Å²) in [6.07, 6.45) is 2.66. The molecule has 5 amide bonds. The standard InChI is InChI=1S/C17H26N6O3/c1-11(13-10-18-22(5)12(13)2)19-15(25)23-8-6-17(7-9-23)14(24)20(3)16(26)21(17)4/h10-11H,6-9H2,1-5H3,(H,19,25)/t11-/m0/s1. The molecule has 26 heavy (non-hydrogen) atoms. The molecule has 1 atom stereocenters. The van der Waals surface area contributed by atoms with Gasteiger partial charge in [-0.1, -0.05) is 0 Å². The third-order valence-corrected chi connectivity index (χ3v) is 5.88. The second kappa shape index (κ2) is 6.30. The average Bonchev–Trinajstić information content (AvgIpc) is 3.03. The van der Waals surface area contributed by atoms with Crippen LogP contribution >= 0.6 is 0 Å². The van der Waals surface area contributed by atoms with Crippen LogP contribution in [0, 0.1) is 6.92 Å². The van der Waals surface area contributed by atoms with Gasteiger partial charge < -0.3 is 15.1 Å². The van der Waals surface area contributed by atoms with Crippen LogP contribution in [0.15, 0.2) is 6.20 Å². The van der Waals surface area contributed by atoms with Crippen molar-refractivity contribution in [2.24, 2.45) is 7.05 Å². The van der Waals surface area contributed by atoms with Gasteiger partial charge in [0, 0.05) is 45.5 Å². The third-order valence-electron chi connectivity index (χ3n) is 5.88. The lowest BCUT2D eigenvalue weighted by Gasteiger charge is -2.40. The van der Waals surface area contributed by atoms with Gasteiger partial charge >= 0.3 is 12.1 Å². The van der Waals surface area contributed by atoms with Crippen molar-refractivity contribution in [3.8, 4) is 0 Å². The van der Waals surface area contributed by atoms with Gasteiger partial charge in [0.15, 0.2) is 0 Å². The molecule has 0 saturated carbocycles. The van der Waals surface area contributed by atoms with Gasteiger partial charge in [0.25, 0.3) is 5.91 Å². The zero-order valence-corrected chi connectivity index (χ0v) is 15.9. The molecule has 2 saturated heterocycles. The van der Waals surface area contributed by atoms with Crippen LogP contribution in [-0.4, -0.2) is 75.2 Å². The number of piperidine rings is 1. The maximum Gasteiger partial charge on any atom is 0.327 e. The first-order valence-electron chi connectivity index (χ1n) is 8.79. The minimum absolute atomic E-state index is 0.157. The first-order valence-corrected chi connectivity index (χ1v) is 8.79. The lowest BCUT2D eigenvalue weighted by atomic mass is 9.86. The quantitative estimate of drug-likeness (QED) is 0.790.